The van der Waals surface area contributed by atoms with Crippen LogP contribution in [0.1, 0.15) is 25.7 Å². The Morgan fingerprint density at radius 3 is 2.33 bits per heavy atom. The SMILES string of the molecule is NC1CC2(CCN(C=O)CC2)C1. The first-order valence-electron chi connectivity index (χ1n) is 4.69. The monoisotopic (exact) mass is 168 g/mol. The highest BCUT2D eigenvalue weighted by Gasteiger charge is 2.43. The van der Waals surface area contributed by atoms with Crippen LogP contribution in [0.5, 0.6) is 0 Å². The van der Waals surface area contributed by atoms with Gasteiger partial charge in [-0.2, -0.15) is 0 Å². The molecular weight excluding hydrogens is 152 g/mol. The Bertz CT molecular complexity index is 177. The largest absolute Gasteiger partial charge is 0.345 e. The minimum Gasteiger partial charge on any atom is -0.345 e. The zero-order valence-electron chi connectivity index (χ0n) is 7.33. The van der Waals surface area contributed by atoms with Gasteiger partial charge >= 0.3 is 0 Å². The van der Waals surface area contributed by atoms with E-state index in [1.165, 1.54) is 25.7 Å². The zero-order valence-corrected chi connectivity index (χ0v) is 7.33. The number of amides is 1. The van der Waals surface area contributed by atoms with E-state index in [2.05, 4.69) is 0 Å². The van der Waals surface area contributed by atoms with Crippen LogP contribution in [-0.4, -0.2) is 30.4 Å². The smallest absolute Gasteiger partial charge is 0.209 e. The number of likely N-dealkylation sites (tertiary alicyclic amines) is 1. The van der Waals surface area contributed by atoms with Crippen molar-refractivity contribution in [3.8, 4) is 0 Å². The highest BCUT2D eigenvalue weighted by Crippen LogP contribution is 2.47. The molecule has 1 aliphatic carbocycles. The van der Waals surface area contributed by atoms with Crippen molar-refractivity contribution >= 4 is 6.41 Å². The summed E-state index contributed by atoms with van der Waals surface area (Å²) in [7, 11) is 0. The Morgan fingerprint density at radius 2 is 1.92 bits per heavy atom. The van der Waals surface area contributed by atoms with Crippen LogP contribution in [0, 0.1) is 5.41 Å². The normalized spacial score (nSPS) is 28.6. The molecule has 0 radical (unpaired) electrons. The van der Waals surface area contributed by atoms with Gasteiger partial charge in [0.15, 0.2) is 0 Å². The third-order valence-corrected chi connectivity index (χ3v) is 3.40. The second kappa shape index (κ2) is 2.73. The van der Waals surface area contributed by atoms with E-state index in [1.807, 2.05) is 4.90 Å². The second-order valence-corrected chi connectivity index (χ2v) is 4.31. The standard InChI is InChI=1S/C9H16N2O/c10-8-5-9(6-8)1-3-11(7-12)4-2-9/h7-8H,1-6,10H2. The molecule has 0 aromatic heterocycles. The summed E-state index contributed by atoms with van der Waals surface area (Å²) in [5, 5.41) is 0. The van der Waals surface area contributed by atoms with Gasteiger partial charge in [0.05, 0.1) is 0 Å². The van der Waals surface area contributed by atoms with E-state index in [-0.39, 0.29) is 0 Å². The minimum atomic E-state index is 0.438. The lowest BCUT2D eigenvalue weighted by molar-refractivity contribution is -0.121. The van der Waals surface area contributed by atoms with Crippen LogP contribution in [-0.2, 0) is 4.79 Å². The van der Waals surface area contributed by atoms with Gasteiger partial charge in [0.2, 0.25) is 6.41 Å². The van der Waals surface area contributed by atoms with Crippen molar-refractivity contribution in [3.63, 3.8) is 0 Å². The highest BCUT2D eigenvalue weighted by molar-refractivity contribution is 5.47. The van der Waals surface area contributed by atoms with Crippen molar-refractivity contribution in [2.24, 2.45) is 11.1 Å². The summed E-state index contributed by atoms with van der Waals surface area (Å²) >= 11 is 0. The number of rotatable bonds is 1. The Balaban J connectivity index is 1.86. The van der Waals surface area contributed by atoms with Gasteiger partial charge in [0.1, 0.15) is 0 Å². The summed E-state index contributed by atoms with van der Waals surface area (Å²) in [6.07, 6.45) is 5.66. The molecule has 1 saturated heterocycles. The lowest BCUT2D eigenvalue weighted by atomic mass is 9.61. The van der Waals surface area contributed by atoms with Crippen LogP contribution in [0.2, 0.25) is 0 Å². The molecule has 2 N–H and O–H groups in total. The average molecular weight is 168 g/mol. The molecule has 0 bridgehead atoms. The van der Waals surface area contributed by atoms with Crippen LogP contribution in [0.4, 0.5) is 0 Å². The molecular formula is C9H16N2O. The van der Waals surface area contributed by atoms with Crippen molar-refractivity contribution in [2.75, 3.05) is 13.1 Å². The molecule has 0 aromatic rings. The fourth-order valence-corrected chi connectivity index (χ4v) is 2.56. The first-order valence-corrected chi connectivity index (χ1v) is 4.69. The van der Waals surface area contributed by atoms with Crippen molar-refractivity contribution in [1.82, 2.24) is 4.90 Å². The van der Waals surface area contributed by atoms with Crippen LogP contribution >= 0.6 is 0 Å². The molecule has 3 nitrogen and oxygen atoms in total. The average Bonchev–Trinajstić information content (AvgIpc) is 2.04. The van der Waals surface area contributed by atoms with Crippen molar-refractivity contribution in [1.29, 1.82) is 0 Å². The molecule has 0 atom stereocenters. The molecule has 1 amide bonds. The molecule has 0 unspecified atom stereocenters. The van der Waals surface area contributed by atoms with E-state index in [9.17, 15) is 4.79 Å². The summed E-state index contributed by atoms with van der Waals surface area (Å²) < 4.78 is 0. The van der Waals surface area contributed by atoms with Gasteiger partial charge in [-0.25, -0.2) is 0 Å². The van der Waals surface area contributed by atoms with E-state index in [1.54, 1.807) is 0 Å². The maximum atomic E-state index is 10.4. The quantitative estimate of drug-likeness (QED) is 0.574. The summed E-state index contributed by atoms with van der Waals surface area (Å²) in [6, 6.07) is 0.438. The maximum Gasteiger partial charge on any atom is 0.209 e. The summed E-state index contributed by atoms with van der Waals surface area (Å²) in [6.45, 7) is 1.88. The maximum absolute atomic E-state index is 10.4. The molecule has 2 aliphatic rings. The van der Waals surface area contributed by atoms with Gasteiger partial charge in [-0.3, -0.25) is 4.79 Å². The molecule has 2 rings (SSSR count). The second-order valence-electron chi connectivity index (χ2n) is 4.31. The predicted molar refractivity (Wildman–Crippen MR) is 46.5 cm³/mol. The van der Waals surface area contributed by atoms with Gasteiger partial charge in [-0.1, -0.05) is 0 Å². The zero-order chi connectivity index (χ0) is 8.60. The number of hydrogen-bond acceptors (Lipinski definition) is 2. The van der Waals surface area contributed by atoms with Gasteiger partial charge < -0.3 is 10.6 Å². The molecule has 2 fully saturated rings. The number of piperidine rings is 1. The first kappa shape index (κ1) is 8.05. The number of carbonyl (C=O) groups is 1. The topological polar surface area (TPSA) is 46.3 Å². The van der Waals surface area contributed by atoms with Gasteiger partial charge in [-0.15, -0.1) is 0 Å². The first-order chi connectivity index (χ1) is 5.74. The van der Waals surface area contributed by atoms with E-state index < -0.39 is 0 Å². The fourth-order valence-electron chi connectivity index (χ4n) is 2.56. The molecule has 0 aromatic carbocycles. The van der Waals surface area contributed by atoms with E-state index in [4.69, 9.17) is 5.73 Å². The number of nitrogens with two attached hydrogens (primary N) is 1. The van der Waals surface area contributed by atoms with Gasteiger partial charge in [-0.05, 0) is 31.1 Å². The molecule has 1 aliphatic heterocycles. The summed E-state index contributed by atoms with van der Waals surface area (Å²) in [5.74, 6) is 0. The Labute approximate surface area is 72.9 Å². The Morgan fingerprint density at radius 1 is 1.33 bits per heavy atom. The van der Waals surface area contributed by atoms with Gasteiger partial charge in [0.25, 0.3) is 0 Å². The molecule has 1 heterocycles. The summed E-state index contributed by atoms with van der Waals surface area (Å²) in [5.41, 5.74) is 6.29. The Hall–Kier alpha value is -0.570. The molecule has 3 heteroatoms. The van der Waals surface area contributed by atoms with Crippen LogP contribution in [0.15, 0.2) is 0 Å². The van der Waals surface area contributed by atoms with Crippen LogP contribution in [0.3, 0.4) is 0 Å². The summed E-state index contributed by atoms with van der Waals surface area (Å²) in [4.78, 5) is 12.3. The number of hydrogen-bond donors (Lipinski definition) is 1. The molecule has 68 valence electrons. The van der Waals surface area contributed by atoms with Crippen LogP contribution < -0.4 is 5.73 Å². The lowest BCUT2D eigenvalue weighted by Crippen LogP contribution is -2.51. The van der Waals surface area contributed by atoms with Crippen LogP contribution in [0.25, 0.3) is 0 Å². The van der Waals surface area contributed by atoms with Gasteiger partial charge in [0, 0.05) is 19.1 Å². The van der Waals surface area contributed by atoms with Crippen molar-refractivity contribution in [3.05, 3.63) is 0 Å². The number of carbonyl (C=O) groups excluding carboxylic acids is 1. The van der Waals surface area contributed by atoms with E-state index >= 15 is 0 Å². The molecule has 1 spiro atoms. The predicted octanol–water partition coefficient (Wildman–Crippen LogP) is 0.346. The third-order valence-electron chi connectivity index (χ3n) is 3.40. The third kappa shape index (κ3) is 1.22. The number of nitrogens with zero attached hydrogens (tertiary/aromatic N) is 1. The van der Waals surface area contributed by atoms with Crippen molar-refractivity contribution in [2.45, 2.75) is 31.7 Å². The fraction of sp³-hybridized carbons (Fsp3) is 0.889. The van der Waals surface area contributed by atoms with Crippen molar-refractivity contribution < 1.29 is 4.79 Å². The van der Waals surface area contributed by atoms with E-state index in [0.717, 1.165) is 19.5 Å². The Kier molecular flexibility index (Phi) is 1.83. The van der Waals surface area contributed by atoms with E-state index in [0.29, 0.717) is 11.5 Å². The molecule has 12 heavy (non-hydrogen) atoms. The lowest BCUT2D eigenvalue weighted by Gasteiger charge is -2.50. The molecule has 1 saturated carbocycles. The minimum absolute atomic E-state index is 0.438. The highest BCUT2D eigenvalue weighted by atomic mass is 16.1.